The molecule has 8 heteroatoms. The van der Waals surface area contributed by atoms with Gasteiger partial charge in [0.2, 0.25) is 0 Å². The van der Waals surface area contributed by atoms with E-state index in [9.17, 15) is 14.9 Å². The van der Waals surface area contributed by atoms with Crippen molar-refractivity contribution in [1.82, 2.24) is 9.88 Å². The van der Waals surface area contributed by atoms with Crippen molar-refractivity contribution in [2.24, 2.45) is 0 Å². The zero-order chi connectivity index (χ0) is 21.5. The van der Waals surface area contributed by atoms with E-state index in [0.29, 0.717) is 43.7 Å². The Hall–Kier alpha value is -3.16. The summed E-state index contributed by atoms with van der Waals surface area (Å²) in [4.78, 5) is 29.4. The first-order valence-electron chi connectivity index (χ1n) is 10.0. The van der Waals surface area contributed by atoms with Crippen molar-refractivity contribution in [2.45, 2.75) is 51.2 Å². The van der Waals surface area contributed by atoms with E-state index in [1.165, 1.54) is 0 Å². The molecule has 0 radical (unpaired) electrons. The molecule has 1 saturated heterocycles. The second-order valence-electron chi connectivity index (χ2n) is 8.90. The van der Waals surface area contributed by atoms with Crippen LogP contribution in [-0.4, -0.2) is 45.2 Å². The molecule has 0 atom stereocenters. The lowest BCUT2D eigenvalue weighted by Gasteiger charge is -2.39. The standard InChI is InChI=1S/C22H25N3O5/c1-21(2,3)30-20(26)24-10-6-22(7-11-24)14-16-12-18(25(27)28)17(13-19(16)29-22)15-4-8-23-9-5-15/h4-5,8-9,12-13H,6-7,10-11,14H2,1-3H3. The summed E-state index contributed by atoms with van der Waals surface area (Å²) >= 11 is 0. The lowest BCUT2D eigenvalue weighted by molar-refractivity contribution is -0.384. The van der Waals surface area contributed by atoms with Crippen molar-refractivity contribution < 1.29 is 19.2 Å². The van der Waals surface area contributed by atoms with Crippen LogP contribution in [0.3, 0.4) is 0 Å². The highest BCUT2D eigenvalue weighted by molar-refractivity contribution is 5.76. The van der Waals surface area contributed by atoms with Crippen LogP contribution in [0, 0.1) is 10.1 Å². The normalized spacial score (nSPS) is 17.4. The Kier molecular flexibility index (Phi) is 4.88. The number of rotatable bonds is 2. The Morgan fingerprint density at radius 1 is 1.23 bits per heavy atom. The number of amides is 1. The van der Waals surface area contributed by atoms with Gasteiger partial charge in [-0.3, -0.25) is 15.1 Å². The number of nitro benzene ring substituents is 1. The monoisotopic (exact) mass is 411 g/mol. The number of ether oxygens (including phenoxy) is 2. The van der Waals surface area contributed by atoms with E-state index in [2.05, 4.69) is 4.98 Å². The maximum Gasteiger partial charge on any atom is 0.410 e. The fraction of sp³-hybridized carbons (Fsp3) is 0.455. The van der Waals surface area contributed by atoms with E-state index in [-0.39, 0.29) is 16.7 Å². The third-order valence-electron chi connectivity index (χ3n) is 5.53. The molecule has 30 heavy (non-hydrogen) atoms. The molecule has 2 aliphatic heterocycles. The second kappa shape index (κ2) is 7.27. The van der Waals surface area contributed by atoms with Gasteiger partial charge in [-0.25, -0.2) is 4.79 Å². The molecule has 1 aromatic heterocycles. The van der Waals surface area contributed by atoms with Gasteiger partial charge in [0.1, 0.15) is 17.0 Å². The highest BCUT2D eigenvalue weighted by atomic mass is 16.6. The number of pyridine rings is 1. The molecule has 1 spiro atoms. The Morgan fingerprint density at radius 2 is 1.90 bits per heavy atom. The van der Waals surface area contributed by atoms with Gasteiger partial charge in [0.05, 0.1) is 10.5 Å². The van der Waals surface area contributed by atoms with Gasteiger partial charge in [-0.05, 0) is 44.5 Å². The third-order valence-corrected chi connectivity index (χ3v) is 5.53. The molecule has 0 saturated carbocycles. The lowest BCUT2D eigenvalue weighted by Crippen LogP contribution is -2.50. The van der Waals surface area contributed by atoms with Crippen LogP contribution in [0.4, 0.5) is 10.5 Å². The number of hydrogen-bond donors (Lipinski definition) is 0. The molecule has 1 aromatic carbocycles. The number of likely N-dealkylation sites (tertiary alicyclic amines) is 1. The quantitative estimate of drug-likeness (QED) is 0.538. The number of benzene rings is 1. The first-order chi connectivity index (χ1) is 14.2. The van der Waals surface area contributed by atoms with Crippen molar-refractivity contribution in [3.8, 4) is 16.9 Å². The molecule has 0 aliphatic carbocycles. The Balaban J connectivity index is 1.54. The van der Waals surface area contributed by atoms with Crippen molar-refractivity contribution in [3.05, 3.63) is 52.3 Å². The van der Waals surface area contributed by atoms with Gasteiger partial charge in [-0.1, -0.05) is 0 Å². The van der Waals surface area contributed by atoms with Crippen LogP contribution >= 0.6 is 0 Å². The molecule has 0 bridgehead atoms. The molecular weight excluding hydrogens is 386 g/mol. The summed E-state index contributed by atoms with van der Waals surface area (Å²) < 4.78 is 11.8. The summed E-state index contributed by atoms with van der Waals surface area (Å²) in [5.41, 5.74) is 1.17. The lowest BCUT2D eigenvalue weighted by atomic mass is 9.87. The SMILES string of the molecule is CC(C)(C)OC(=O)N1CCC2(CC1)Cc1cc([N+](=O)[O-])c(-c3ccncc3)cc1O2. The molecule has 3 heterocycles. The van der Waals surface area contributed by atoms with Gasteiger partial charge < -0.3 is 14.4 Å². The zero-order valence-corrected chi connectivity index (χ0v) is 17.4. The first kappa shape index (κ1) is 20.1. The van der Waals surface area contributed by atoms with Gasteiger partial charge in [0.15, 0.2) is 0 Å². The minimum absolute atomic E-state index is 0.0618. The van der Waals surface area contributed by atoms with Crippen molar-refractivity contribution >= 4 is 11.8 Å². The Bertz CT molecular complexity index is 976. The van der Waals surface area contributed by atoms with Crippen LogP contribution < -0.4 is 4.74 Å². The van der Waals surface area contributed by atoms with Crippen molar-refractivity contribution in [3.63, 3.8) is 0 Å². The molecule has 158 valence electrons. The Morgan fingerprint density at radius 3 is 2.50 bits per heavy atom. The number of carbonyl (C=O) groups excluding carboxylic acids is 1. The summed E-state index contributed by atoms with van der Waals surface area (Å²) in [6, 6.07) is 6.88. The number of piperidine rings is 1. The highest BCUT2D eigenvalue weighted by Crippen LogP contribution is 2.45. The molecule has 0 N–H and O–H groups in total. The van der Waals surface area contributed by atoms with E-state index >= 15 is 0 Å². The summed E-state index contributed by atoms with van der Waals surface area (Å²) in [7, 11) is 0. The highest BCUT2D eigenvalue weighted by Gasteiger charge is 2.44. The average Bonchev–Trinajstić information content (AvgIpc) is 3.03. The molecule has 1 amide bonds. The van der Waals surface area contributed by atoms with Gasteiger partial charge in [0.25, 0.3) is 5.69 Å². The van der Waals surface area contributed by atoms with Crippen molar-refractivity contribution in [1.29, 1.82) is 0 Å². The molecule has 1 fully saturated rings. The molecule has 2 aromatic rings. The minimum Gasteiger partial charge on any atom is -0.486 e. The van der Waals surface area contributed by atoms with Gasteiger partial charge >= 0.3 is 6.09 Å². The zero-order valence-electron chi connectivity index (χ0n) is 17.4. The maximum atomic E-state index is 12.3. The van der Waals surface area contributed by atoms with E-state index in [1.54, 1.807) is 41.6 Å². The van der Waals surface area contributed by atoms with E-state index in [4.69, 9.17) is 9.47 Å². The van der Waals surface area contributed by atoms with E-state index in [0.717, 1.165) is 11.1 Å². The van der Waals surface area contributed by atoms with Gasteiger partial charge in [0, 0.05) is 56.4 Å². The van der Waals surface area contributed by atoms with Crippen LogP contribution in [0.5, 0.6) is 5.75 Å². The summed E-state index contributed by atoms with van der Waals surface area (Å²) in [5.74, 6) is 0.679. The molecule has 4 rings (SSSR count). The average molecular weight is 411 g/mol. The topological polar surface area (TPSA) is 94.8 Å². The summed E-state index contributed by atoms with van der Waals surface area (Å²) in [6.07, 6.45) is 4.81. The van der Waals surface area contributed by atoms with E-state index < -0.39 is 11.2 Å². The predicted octanol–water partition coefficient (Wildman–Crippen LogP) is 4.36. The number of fused-ring (bicyclic) bond motifs is 1. The number of aromatic nitrogens is 1. The van der Waals surface area contributed by atoms with Crippen LogP contribution in [0.2, 0.25) is 0 Å². The maximum absolute atomic E-state index is 12.3. The van der Waals surface area contributed by atoms with E-state index in [1.807, 2.05) is 20.8 Å². The molecule has 8 nitrogen and oxygen atoms in total. The fourth-order valence-electron chi connectivity index (χ4n) is 4.08. The summed E-state index contributed by atoms with van der Waals surface area (Å²) in [6.45, 7) is 6.60. The first-order valence-corrected chi connectivity index (χ1v) is 10.0. The second-order valence-corrected chi connectivity index (χ2v) is 8.90. The Labute approximate surface area is 175 Å². The molecular formula is C22H25N3O5. The number of nitrogens with zero attached hydrogens (tertiary/aromatic N) is 3. The number of carbonyl (C=O) groups is 1. The third kappa shape index (κ3) is 3.94. The van der Waals surface area contributed by atoms with Crippen LogP contribution in [0.25, 0.3) is 11.1 Å². The number of nitro groups is 1. The van der Waals surface area contributed by atoms with Crippen LogP contribution in [-0.2, 0) is 11.2 Å². The van der Waals surface area contributed by atoms with Crippen molar-refractivity contribution in [2.75, 3.05) is 13.1 Å². The predicted molar refractivity (Wildman–Crippen MR) is 110 cm³/mol. The van der Waals surface area contributed by atoms with Crippen LogP contribution in [0.15, 0.2) is 36.7 Å². The molecule has 0 unspecified atom stereocenters. The largest absolute Gasteiger partial charge is 0.486 e. The number of hydrogen-bond acceptors (Lipinski definition) is 6. The van der Waals surface area contributed by atoms with Gasteiger partial charge in [-0.15, -0.1) is 0 Å². The minimum atomic E-state index is -0.533. The smallest absolute Gasteiger partial charge is 0.410 e. The van der Waals surface area contributed by atoms with Gasteiger partial charge in [-0.2, -0.15) is 0 Å². The summed E-state index contributed by atoms with van der Waals surface area (Å²) in [5, 5.41) is 11.7. The molecule has 2 aliphatic rings. The fourth-order valence-corrected chi connectivity index (χ4v) is 4.08. The van der Waals surface area contributed by atoms with Crippen LogP contribution in [0.1, 0.15) is 39.2 Å².